The Morgan fingerprint density at radius 3 is 2.52 bits per heavy atom. The molecule has 0 fully saturated rings. The van der Waals surface area contributed by atoms with Crippen molar-refractivity contribution in [3.05, 3.63) is 12.7 Å². The molecule has 1 unspecified atom stereocenters. The van der Waals surface area contributed by atoms with E-state index < -0.39 is 0 Å². The molecule has 2 rings (SSSR count). The minimum atomic E-state index is 0.452. The molecule has 8 nitrogen and oxygen atoms in total. The van der Waals surface area contributed by atoms with Crippen molar-refractivity contribution in [3.63, 3.8) is 0 Å². The molecule has 0 aliphatic carbocycles. The van der Waals surface area contributed by atoms with E-state index in [4.69, 9.17) is 0 Å². The van der Waals surface area contributed by atoms with E-state index in [0.29, 0.717) is 23.8 Å². The summed E-state index contributed by atoms with van der Waals surface area (Å²) in [6.45, 7) is 8.07. The summed E-state index contributed by atoms with van der Waals surface area (Å²) in [7, 11) is 0. The molecule has 0 spiro atoms. The normalized spacial score (nSPS) is 12.1. The molecular weight excluding hydrogens is 268 g/mol. The van der Waals surface area contributed by atoms with Crippen LogP contribution in [0.1, 0.15) is 33.6 Å². The maximum Gasteiger partial charge on any atom is 0.258 e. The molecule has 0 radical (unpaired) electrons. The number of rotatable bonds is 8. The van der Waals surface area contributed by atoms with Crippen molar-refractivity contribution in [1.82, 2.24) is 29.7 Å². The van der Waals surface area contributed by atoms with Crippen LogP contribution in [0.3, 0.4) is 0 Å². The zero-order valence-corrected chi connectivity index (χ0v) is 12.7. The van der Waals surface area contributed by atoms with Crippen LogP contribution in [0, 0.1) is 5.92 Å². The van der Waals surface area contributed by atoms with Gasteiger partial charge in [-0.05, 0) is 12.3 Å². The molecule has 21 heavy (non-hydrogen) atoms. The highest BCUT2D eigenvalue weighted by molar-refractivity contribution is 5.37. The molecular formula is C13H22N8. The number of hydrogen-bond acceptors (Lipinski definition) is 7. The highest BCUT2D eigenvalue weighted by Gasteiger charge is 2.09. The Morgan fingerprint density at radius 2 is 1.90 bits per heavy atom. The Balaban J connectivity index is 2.20. The standard InChI is InChI=1S/C13H22N8/c1-4-6-15-11-18-12(16-7-10(3)5-2)20-13(19-11)21-9-14-8-17-21/h8-10H,4-7H2,1-3H3,(H2,15,16,18,19,20). The number of aromatic nitrogens is 6. The highest BCUT2D eigenvalue weighted by atomic mass is 15.4. The second-order valence-electron chi connectivity index (χ2n) is 4.94. The van der Waals surface area contributed by atoms with Crippen LogP contribution in [-0.4, -0.2) is 42.8 Å². The SMILES string of the molecule is CCCNc1nc(NCC(C)CC)nc(-n2cncn2)n1. The van der Waals surface area contributed by atoms with E-state index in [1.54, 1.807) is 6.33 Å². The fourth-order valence-corrected chi connectivity index (χ4v) is 1.58. The lowest BCUT2D eigenvalue weighted by Crippen LogP contribution is -2.16. The molecule has 2 aromatic heterocycles. The third-order valence-corrected chi connectivity index (χ3v) is 3.09. The van der Waals surface area contributed by atoms with Crippen molar-refractivity contribution in [3.8, 4) is 5.95 Å². The topological polar surface area (TPSA) is 93.4 Å². The van der Waals surface area contributed by atoms with Crippen LogP contribution >= 0.6 is 0 Å². The van der Waals surface area contributed by atoms with Crippen molar-refractivity contribution in [2.24, 2.45) is 5.92 Å². The molecule has 0 saturated carbocycles. The van der Waals surface area contributed by atoms with Gasteiger partial charge in [-0.25, -0.2) is 4.98 Å². The first-order valence-electron chi connectivity index (χ1n) is 7.31. The molecule has 2 aromatic rings. The Labute approximate surface area is 124 Å². The van der Waals surface area contributed by atoms with Gasteiger partial charge in [0, 0.05) is 13.1 Å². The van der Waals surface area contributed by atoms with Crippen LogP contribution in [0.25, 0.3) is 5.95 Å². The lowest BCUT2D eigenvalue weighted by atomic mass is 10.1. The fourth-order valence-electron chi connectivity index (χ4n) is 1.58. The monoisotopic (exact) mass is 290 g/mol. The third-order valence-electron chi connectivity index (χ3n) is 3.09. The summed E-state index contributed by atoms with van der Waals surface area (Å²) in [6.07, 6.45) is 5.13. The van der Waals surface area contributed by atoms with Crippen LogP contribution in [0.5, 0.6) is 0 Å². The number of nitrogens with one attached hydrogen (secondary N) is 2. The maximum absolute atomic E-state index is 4.38. The van der Waals surface area contributed by atoms with Crippen LogP contribution in [0.4, 0.5) is 11.9 Å². The average Bonchev–Trinajstić information content (AvgIpc) is 3.04. The fraction of sp³-hybridized carbons (Fsp3) is 0.615. The number of hydrogen-bond donors (Lipinski definition) is 2. The minimum absolute atomic E-state index is 0.452. The molecule has 0 bridgehead atoms. The van der Waals surface area contributed by atoms with Crippen molar-refractivity contribution in [2.45, 2.75) is 33.6 Å². The van der Waals surface area contributed by atoms with Gasteiger partial charge in [0.05, 0.1) is 0 Å². The summed E-state index contributed by atoms with van der Waals surface area (Å²) in [4.78, 5) is 17.0. The summed E-state index contributed by atoms with van der Waals surface area (Å²) in [5, 5.41) is 10.5. The lowest BCUT2D eigenvalue weighted by Gasteiger charge is -2.12. The number of nitrogens with zero attached hydrogens (tertiary/aromatic N) is 6. The first-order chi connectivity index (χ1) is 10.2. The summed E-state index contributed by atoms with van der Waals surface area (Å²) in [5.41, 5.74) is 0. The lowest BCUT2D eigenvalue weighted by molar-refractivity contribution is 0.590. The average molecular weight is 290 g/mol. The van der Waals surface area contributed by atoms with Gasteiger partial charge in [-0.1, -0.05) is 27.2 Å². The van der Waals surface area contributed by atoms with Gasteiger partial charge < -0.3 is 10.6 Å². The van der Waals surface area contributed by atoms with Gasteiger partial charge in [-0.3, -0.25) is 0 Å². The van der Waals surface area contributed by atoms with Gasteiger partial charge in [0.25, 0.3) is 5.95 Å². The van der Waals surface area contributed by atoms with Gasteiger partial charge in [0.2, 0.25) is 11.9 Å². The van der Waals surface area contributed by atoms with E-state index in [0.717, 1.165) is 25.9 Å². The van der Waals surface area contributed by atoms with Crippen LogP contribution in [0.15, 0.2) is 12.7 Å². The molecule has 0 aromatic carbocycles. The molecule has 114 valence electrons. The summed E-state index contributed by atoms with van der Waals surface area (Å²) < 4.78 is 1.52. The predicted molar refractivity (Wildman–Crippen MR) is 81.5 cm³/mol. The summed E-state index contributed by atoms with van der Waals surface area (Å²) in [6, 6.07) is 0. The summed E-state index contributed by atoms with van der Waals surface area (Å²) in [5.74, 6) is 2.11. The third kappa shape index (κ3) is 4.37. The molecule has 0 aliphatic rings. The van der Waals surface area contributed by atoms with Gasteiger partial charge in [0.1, 0.15) is 12.7 Å². The quantitative estimate of drug-likeness (QED) is 0.764. The first-order valence-corrected chi connectivity index (χ1v) is 7.31. The second-order valence-corrected chi connectivity index (χ2v) is 4.94. The van der Waals surface area contributed by atoms with Crippen molar-refractivity contribution in [2.75, 3.05) is 23.7 Å². The Bertz CT molecular complexity index is 539. The van der Waals surface area contributed by atoms with Crippen molar-refractivity contribution >= 4 is 11.9 Å². The molecule has 2 N–H and O–H groups in total. The maximum atomic E-state index is 4.38. The van der Waals surface area contributed by atoms with Crippen LogP contribution in [-0.2, 0) is 0 Å². The molecule has 0 amide bonds. The zero-order valence-electron chi connectivity index (χ0n) is 12.7. The summed E-state index contributed by atoms with van der Waals surface area (Å²) >= 11 is 0. The van der Waals surface area contributed by atoms with Crippen molar-refractivity contribution < 1.29 is 0 Å². The van der Waals surface area contributed by atoms with Crippen LogP contribution < -0.4 is 10.6 Å². The predicted octanol–water partition coefficient (Wildman–Crippen LogP) is 1.73. The largest absolute Gasteiger partial charge is 0.354 e. The Morgan fingerprint density at radius 1 is 1.14 bits per heavy atom. The van der Waals surface area contributed by atoms with E-state index in [1.807, 2.05) is 0 Å². The minimum Gasteiger partial charge on any atom is -0.354 e. The van der Waals surface area contributed by atoms with E-state index in [1.165, 1.54) is 11.0 Å². The zero-order chi connectivity index (χ0) is 15.1. The van der Waals surface area contributed by atoms with E-state index in [9.17, 15) is 0 Å². The molecule has 8 heteroatoms. The highest BCUT2D eigenvalue weighted by Crippen LogP contribution is 2.10. The van der Waals surface area contributed by atoms with E-state index in [2.05, 4.69) is 56.4 Å². The molecule has 0 saturated heterocycles. The van der Waals surface area contributed by atoms with Gasteiger partial charge in [-0.2, -0.15) is 24.7 Å². The number of anilines is 2. The Hall–Kier alpha value is -2.25. The second kappa shape index (κ2) is 7.51. The van der Waals surface area contributed by atoms with Crippen molar-refractivity contribution in [1.29, 1.82) is 0 Å². The Kier molecular flexibility index (Phi) is 5.42. The van der Waals surface area contributed by atoms with Crippen LogP contribution in [0.2, 0.25) is 0 Å². The molecule has 1 atom stereocenters. The van der Waals surface area contributed by atoms with Gasteiger partial charge in [0.15, 0.2) is 0 Å². The van der Waals surface area contributed by atoms with Gasteiger partial charge in [-0.15, -0.1) is 0 Å². The molecule has 0 aliphatic heterocycles. The van der Waals surface area contributed by atoms with E-state index in [-0.39, 0.29) is 0 Å². The van der Waals surface area contributed by atoms with E-state index >= 15 is 0 Å². The van der Waals surface area contributed by atoms with Gasteiger partial charge >= 0.3 is 0 Å². The smallest absolute Gasteiger partial charge is 0.258 e. The molecule has 2 heterocycles. The first kappa shape index (κ1) is 15.1.